The number of carbonyl (C=O) groups is 1. The number of likely N-dealkylation sites (tertiary alicyclic amines) is 1. The Hall–Kier alpha value is -0.950. The minimum atomic E-state index is 0.0191. The second-order valence-electron chi connectivity index (χ2n) is 7.24. The number of rotatable bonds is 6. The van der Waals surface area contributed by atoms with Crippen LogP contribution in [0.4, 0.5) is 0 Å². The van der Waals surface area contributed by atoms with Gasteiger partial charge in [0.15, 0.2) is 0 Å². The summed E-state index contributed by atoms with van der Waals surface area (Å²) in [5, 5.41) is 4.36. The van der Waals surface area contributed by atoms with Crippen LogP contribution >= 0.6 is 11.3 Å². The molecule has 0 saturated carbocycles. The predicted octanol–water partition coefficient (Wildman–Crippen LogP) is 2.22. The van der Waals surface area contributed by atoms with Crippen molar-refractivity contribution < 1.29 is 14.3 Å². The summed E-state index contributed by atoms with van der Waals surface area (Å²) in [4.78, 5) is 15.9. The Labute approximate surface area is 148 Å². The van der Waals surface area contributed by atoms with Crippen molar-refractivity contribution in [2.45, 2.75) is 31.9 Å². The average Bonchev–Trinajstić information content (AvgIpc) is 3.07. The fourth-order valence-corrected chi connectivity index (χ4v) is 4.50. The van der Waals surface area contributed by atoms with Gasteiger partial charge >= 0.3 is 0 Å². The van der Waals surface area contributed by atoms with Crippen LogP contribution in [0.1, 0.15) is 24.8 Å². The standard InChI is InChI=1S/C18H28N2O3S/c1-19(2)17(21)11-22-14-18-6-3-8-23-16(18)4-7-20(13-18)10-15-5-9-24-12-15/h5,9,12,16H,3-4,6-8,10-11,13-14H2,1-2H3. The summed E-state index contributed by atoms with van der Waals surface area (Å²) in [5.41, 5.74) is 1.41. The van der Waals surface area contributed by atoms with Gasteiger partial charge in [-0.25, -0.2) is 0 Å². The van der Waals surface area contributed by atoms with Crippen molar-refractivity contribution >= 4 is 17.2 Å². The lowest BCUT2D eigenvalue weighted by Crippen LogP contribution is -2.56. The van der Waals surface area contributed by atoms with E-state index >= 15 is 0 Å². The van der Waals surface area contributed by atoms with Gasteiger partial charge in [-0.3, -0.25) is 9.69 Å². The number of carbonyl (C=O) groups excluding carboxylic acids is 1. The van der Waals surface area contributed by atoms with Gasteiger partial charge in [-0.2, -0.15) is 11.3 Å². The highest BCUT2D eigenvalue weighted by molar-refractivity contribution is 7.07. The van der Waals surface area contributed by atoms with Crippen molar-refractivity contribution in [3.63, 3.8) is 0 Å². The third-order valence-electron chi connectivity index (χ3n) is 5.17. The van der Waals surface area contributed by atoms with Crippen LogP contribution in [0.25, 0.3) is 0 Å². The lowest BCUT2D eigenvalue weighted by Gasteiger charge is -2.50. The Bertz CT molecular complexity index is 534. The maximum atomic E-state index is 11.8. The van der Waals surface area contributed by atoms with Crippen molar-refractivity contribution in [1.82, 2.24) is 9.80 Å². The lowest BCUT2D eigenvalue weighted by atomic mass is 9.73. The number of amides is 1. The molecule has 6 heteroatoms. The molecule has 1 aromatic heterocycles. The molecular weight excluding hydrogens is 324 g/mol. The minimum Gasteiger partial charge on any atom is -0.377 e. The van der Waals surface area contributed by atoms with Crippen molar-refractivity contribution in [3.05, 3.63) is 22.4 Å². The van der Waals surface area contributed by atoms with Gasteiger partial charge < -0.3 is 14.4 Å². The zero-order chi connectivity index (χ0) is 17.0. The van der Waals surface area contributed by atoms with Crippen molar-refractivity contribution in [1.29, 1.82) is 0 Å². The number of likely N-dealkylation sites (N-methyl/N-ethyl adjacent to an activating group) is 1. The first-order chi connectivity index (χ1) is 11.6. The summed E-state index contributed by atoms with van der Waals surface area (Å²) in [6, 6.07) is 2.20. The van der Waals surface area contributed by atoms with E-state index in [0.717, 1.165) is 45.5 Å². The first-order valence-electron chi connectivity index (χ1n) is 8.72. The number of thiophene rings is 1. The van der Waals surface area contributed by atoms with Crippen molar-refractivity contribution in [2.75, 3.05) is 47.0 Å². The van der Waals surface area contributed by atoms with Crippen LogP contribution in [-0.2, 0) is 20.8 Å². The average molecular weight is 352 g/mol. The van der Waals surface area contributed by atoms with Gasteiger partial charge in [0.2, 0.25) is 5.91 Å². The molecule has 24 heavy (non-hydrogen) atoms. The SMILES string of the molecule is CN(C)C(=O)COCC12CCCOC1CCN(Cc1ccsc1)C2. The van der Waals surface area contributed by atoms with Gasteiger partial charge in [0.05, 0.1) is 12.7 Å². The molecule has 5 nitrogen and oxygen atoms in total. The van der Waals surface area contributed by atoms with Crippen LogP contribution < -0.4 is 0 Å². The molecule has 0 N–H and O–H groups in total. The van der Waals surface area contributed by atoms with E-state index in [1.807, 2.05) is 0 Å². The van der Waals surface area contributed by atoms with E-state index in [2.05, 4.69) is 21.7 Å². The molecule has 2 fully saturated rings. The van der Waals surface area contributed by atoms with Crippen LogP contribution in [0, 0.1) is 5.41 Å². The Kier molecular flexibility index (Phi) is 5.92. The number of hydrogen-bond acceptors (Lipinski definition) is 5. The maximum Gasteiger partial charge on any atom is 0.248 e. The van der Waals surface area contributed by atoms with Crippen LogP contribution in [0.2, 0.25) is 0 Å². The normalized spacial score (nSPS) is 27.7. The van der Waals surface area contributed by atoms with Crippen molar-refractivity contribution in [3.8, 4) is 0 Å². The van der Waals surface area contributed by atoms with Crippen LogP contribution in [0.3, 0.4) is 0 Å². The van der Waals surface area contributed by atoms with E-state index in [9.17, 15) is 4.79 Å². The van der Waals surface area contributed by atoms with Gasteiger partial charge in [-0.1, -0.05) is 0 Å². The van der Waals surface area contributed by atoms with E-state index in [1.54, 1.807) is 30.3 Å². The molecule has 0 aromatic carbocycles. The van der Waals surface area contributed by atoms with E-state index in [4.69, 9.17) is 9.47 Å². The molecule has 1 aromatic rings. The number of hydrogen-bond donors (Lipinski definition) is 0. The molecule has 3 heterocycles. The Balaban J connectivity index is 1.62. The summed E-state index contributed by atoms with van der Waals surface area (Å²) in [5.74, 6) is 0.0191. The Morgan fingerprint density at radius 1 is 1.54 bits per heavy atom. The number of piperidine rings is 1. The monoisotopic (exact) mass is 352 g/mol. The molecule has 0 spiro atoms. The summed E-state index contributed by atoms with van der Waals surface area (Å²) < 4.78 is 11.9. The van der Waals surface area contributed by atoms with Gasteiger partial charge in [0, 0.05) is 45.8 Å². The number of fused-ring (bicyclic) bond motifs is 1. The zero-order valence-corrected chi connectivity index (χ0v) is 15.5. The molecule has 134 valence electrons. The third kappa shape index (κ3) is 4.17. The van der Waals surface area contributed by atoms with Crippen LogP contribution in [0.15, 0.2) is 16.8 Å². The molecule has 1 amide bonds. The van der Waals surface area contributed by atoms with E-state index in [-0.39, 0.29) is 24.0 Å². The van der Waals surface area contributed by atoms with Crippen LogP contribution in [0.5, 0.6) is 0 Å². The lowest BCUT2D eigenvalue weighted by molar-refractivity contribution is -0.160. The summed E-state index contributed by atoms with van der Waals surface area (Å²) >= 11 is 1.75. The predicted molar refractivity (Wildman–Crippen MR) is 95.1 cm³/mol. The topological polar surface area (TPSA) is 42.0 Å². The molecule has 2 aliphatic heterocycles. The highest BCUT2D eigenvalue weighted by Gasteiger charge is 2.46. The molecule has 2 saturated heterocycles. The molecule has 2 aliphatic rings. The molecule has 0 aliphatic carbocycles. The first kappa shape index (κ1) is 17.9. The quantitative estimate of drug-likeness (QED) is 0.787. The first-order valence-corrected chi connectivity index (χ1v) is 9.66. The highest BCUT2D eigenvalue weighted by Crippen LogP contribution is 2.40. The zero-order valence-electron chi connectivity index (χ0n) is 14.7. The molecular formula is C18H28N2O3S. The van der Waals surface area contributed by atoms with Gasteiger partial charge in [0.1, 0.15) is 6.61 Å². The molecule has 0 radical (unpaired) electrons. The van der Waals surface area contributed by atoms with Gasteiger partial charge in [-0.15, -0.1) is 0 Å². The highest BCUT2D eigenvalue weighted by atomic mass is 32.1. The smallest absolute Gasteiger partial charge is 0.248 e. The van der Waals surface area contributed by atoms with E-state index < -0.39 is 0 Å². The maximum absolute atomic E-state index is 11.8. The summed E-state index contributed by atoms with van der Waals surface area (Å²) in [6.45, 7) is 4.67. The largest absolute Gasteiger partial charge is 0.377 e. The molecule has 2 unspecified atom stereocenters. The summed E-state index contributed by atoms with van der Waals surface area (Å²) in [7, 11) is 3.53. The van der Waals surface area contributed by atoms with Gasteiger partial charge in [-0.05, 0) is 41.7 Å². The second kappa shape index (κ2) is 7.95. The second-order valence-corrected chi connectivity index (χ2v) is 8.02. The Morgan fingerprint density at radius 2 is 2.42 bits per heavy atom. The fraction of sp³-hybridized carbons (Fsp3) is 0.722. The number of nitrogens with zero attached hydrogens (tertiary/aromatic N) is 2. The van der Waals surface area contributed by atoms with E-state index in [0.29, 0.717) is 6.61 Å². The number of ether oxygens (including phenoxy) is 2. The minimum absolute atomic E-state index is 0.0191. The Morgan fingerprint density at radius 3 is 3.17 bits per heavy atom. The van der Waals surface area contributed by atoms with E-state index in [1.165, 1.54) is 5.56 Å². The summed E-state index contributed by atoms with van der Waals surface area (Å²) in [6.07, 6.45) is 3.51. The third-order valence-corrected chi connectivity index (χ3v) is 5.90. The van der Waals surface area contributed by atoms with Crippen molar-refractivity contribution in [2.24, 2.45) is 5.41 Å². The molecule has 0 bridgehead atoms. The van der Waals surface area contributed by atoms with Crippen LogP contribution in [-0.4, -0.2) is 68.8 Å². The molecule has 2 atom stereocenters. The molecule has 3 rings (SSSR count). The fourth-order valence-electron chi connectivity index (χ4n) is 3.84. The van der Waals surface area contributed by atoms with Gasteiger partial charge in [0.25, 0.3) is 0 Å².